The van der Waals surface area contributed by atoms with Crippen molar-refractivity contribution in [2.75, 3.05) is 18.5 Å². The molecule has 1 aliphatic heterocycles. The van der Waals surface area contributed by atoms with Gasteiger partial charge < -0.3 is 19.5 Å². The maximum Gasteiger partial charge on any atom is 0.416 e. The molecule has 1 N–H and O–H groups in total. The second kappa shape index (κ2) is 10.2. The lowest BCUT2D eigenvalue weighted by molar-refractivity contribution is -0.145. The number of esters is 1. The lowest BCUT2D eigenvalue weighted by Gasteiger charge is -2.24. The fourth-order valence-electron chi connectivity index (χ4n) is 3.33. The van der Waals surface area contributed by atoms with E-state index in [9.17, 15) is 18.0 Å². The molecule has 0 saturated heterocycles. The van der Waals surface area contributed by atoms with Crippen LogP contribution in [0.4, 0.5) is 18.9 Å². The van der Waals surface area contributed by atoms with Crippen molar-refractivity contribution in [2.24, 2.45) is 0 Å². The molecule has 1 aliphatic rings. The van der Waals surface area contributed by atoms with Crippen LogP contribution in [-0.2, 0) is 20.4 Å². The normalized spacial score (nSPS) is 18.4. The van der Waals surface area contributed by atoms with E-state index in [1.54, 1.807) is 25.1 Å². The summed E-state index contributed by atoms with van der Waals surface area (Å²) in [6.45, 7) is 4.09. The third-order valence-corrected chi connectivity index (χ3v) is 5.96. The molecule has 2 aromatic carbocycles. The Labute approximate surface area is 197 Å². The maximum absolute atomic E-state index is 13.5. The Morgan fingerprint density at radius 2 is 1.94 bits per heavy atom. The number of ether oxygens (including phenoxy) is 3. The van der Waals surface area contributed by atoms with Gasteiger partial charge in [0.05, 0.1) is 29.7 Å². The summed E-state index contributed by atoms with van der Waals surface area (Å²) in [6, 6.07) is 8.49. The van der Waals surface area contributed by atoms with Gasteiger partial charge in [-0.1, -0.05) is 24.4 Å². The minimum atomic E-state index is -4.54. The van der Waals surface area contributed by atoms with Gasteiger partial charge in [-0.2, -0.15) is 13.2 Å². The summed E-state index contributed by atoms with van der Waals surface area (Å²) in [5.74, 6) is -0.00618. The number of fused-ring (bicyclic) bond motifs is 1. The molecule has 32 heavy (non-hydrogen) atoms. The summed E-state index contributed by atoms with van der Waals surface area (Å²) >= 11 is 8.89. The number of rotatable bonds is 6. The molecule has 0 spiro atoms. The molecule has 2 aromatic rings. The summed E-state index contributed by atoms with van der Waals surface area (Å²) in [5, 5.41) is 2.94. The summed E-state index contributed by atoms with van der Waals surface area (Å²) < 4.78 is 57.7. The molecule has 10 heteroatoms. The molecule has 0 bridgehead atoms. The zero-order chi connectivity index (χ0) is 23.5. The Hall–Kier alpha value is -2.17. The summed E-state index contributed by atoms with van der Waals surface area (Å²) in [5.41, 5.74) is 0.325. The van der Waals surface area contributed by atoms with Crippen LogP contribution in [0.1, 0.15) is 43.1 Å². The number of thiocarbonyl (C=S) groups is 1. The lowest BCUT2D eigenvalue weighted by atomic mass is 9.97. The van der Waals surface area contributed by atoms with Crippen molar-refractivity contribution >= 4 is 44.8 Å². The second-order valence-corrected chi connectivity index (χ2v) is 8.13. The number of benzene rings is 2. The van der Waals surface area contributed by atoms with E-state index in [2.05, 4.69) is 21.2 Å². The fourth-order valence-corrected chi connectivity index (χ4v) is 4.17. The predicted molar refractivity (Wildman–Crippen MR) is 121 cm³/mol. The number of nitrogens with one attached hydrogen (secondary N) is 1. The molecule has 5 nitrogen and oxygen atoms in total. The van der Waals surface area contributed by atoms with Gasteiger partial charge in [0.2, 0.25) is 0 Å². The van der Waals surface area contributed by atoms with Gasteiger partial charge in [0.25, 0.3) is 0 Å². The van der Waals surface area contributed by atoms with Crippen LogP contribution in [0.3, 0.4) is 0 Å². The number of alkyl halides is 3. The summed E-state index contributed by atoms with van der Waals surface area (Å²) in [6.07, 6.45) is -6.59. The molecule has 0 saturated carbocycles. The first kappa shape index (κ1) is 24.5. The zero-order valence-corrected chi connectivity index (χ0v) is 19.7. The van der Waals surface area contributed by atoms with Crippen LogP contribution in [0.15, 0.2) is 40.9 Å². The van der Waals surface area contributed by atoms with Gasteiger partial charge in [-0.25, -0.2) is 0 Å². The monoisotopic (exact) mass is 531 g/mol. The van der Waals surface area contributed by atoms with Gasteiger partial charge in [0.1, 0.15) is 22.9 Å². The van der Waals surface area contributed by atoms with Gasteiger partial charge >= 0.3 is 12.1 Å². The minimum absolute atomic E-state index is 0.179. The van der Waals surface area contributed by atoms with Crippen molar-refractivity contribution in [1.29, 1.82) is 0 Å². The molecule has 0 amide bonds. The molecule has 0 radical (unpaired) electrons. The number of hydrogen-bond donors (Lipinski definition) is 1. The van der Waals surface area contributed by atoms with Crippen LogP contribution < -0.4 is 10.1 Å². The lowest BCUT2D eigenvalue weighted by Crippen LogP contribution is -2.31. The van der Waals surface area contributed by atoms with E-state index in [-0.39, 0.29) is 23.6 Å². The Bertz CT molecular complexity index is 1020. The zero-order valence-electron chi connectivity index (χ0n) is 17.3. The average Bonchev–Trinajstić information content (AvgIpc) is 2.85. The number of carbonyl (C=O) groups excluding carboxylic acids is 1. The van der Waals surface area contributed by atoms with Gasteiger partial charge in [0, 0.05) is 16.8 Å². The second-order valence-electron chi connectivity index (χ2n) is 6.90. The van der Waals surface area contributed by atoms with Crippen LogP contribution in [0.5, 0.6) is 5.75 Å². The predicted octanol–water partition coefficient (Wildman–Crippen LogP) is 6.05. The van der Waals surface area contributed by atoms with Crippen molar-refractivity contribution in [3.8, 4) is 5.75 Å². The number of hydrogen-bond acceptors (Lipinski definition) is 5. The summed E-state index contributed by atoms with van der Waals surface area (Å²) in [7, 11) is 0. The van der Waals surface area contributed by atoms with Gasteiger partial charge in [0.15, 0.2) is 0 Å². The Balaban J connectivity index is 2.13. The van der Waals surface area contributed by atoms with Crippen molar-refractivity contribution < 1.29 is 32.2 Å². The van der Waals surface area contributed by atoms with Crippen LogP contribution in [0.25, 0.3) is 0 Å². The number of halogens is 4. The highest BCUT2D eigenvalue weighted by Gasteiger charge is 2.36. The van der Waals surface area contributed by atoms with Gasteiger partial charge in [-0.15, -0.1) is 0 Å². The largest absolute Gasteiger partial charge is 0.493 e. The van der Waals surface area contributed by atoms with Crippen LogP contribution in [-0.4, -0.2) is 30.3 Å². The van der Waals surface area contributed by atoms with E-state index in [1.165, 1.54) is 6.07 Å². The molecule has 3 rings (SSSR count). The Morgan fingerprint density at radius 1 is 1.19 bits per heavy atom. The highest BCUT2D eigenvalue weighted by molar-refractivity contribution is 9.10. The average molecular weight is 532 g/mol. The molecule has 0 fully saturated rings. The van der Waals surface area contributed by atoms with Crippen molar-refractivity contribution in [2.45, 2.75) is 38.7 Å². The Morgan fingerprint density at radius 3 is 2.59 bits per heavy atom. The molecule has 172 valence electrons. The summed E-state index contributed by atoms with van der Waals surface area (Å²) in [4.78, 5) is 12.3. The fraction of sp³-hybridized carbons (Fsp3) is 0.364. The van der Waals surface area contributed by atoms with Crippen molar-refractivity contribution in [1.82, 2.24) is 0 Å². The third kappa shape index (κ3) is 5.41. The molecule has 0 aliphatic carbocycles. The van der Waals surface area contributed by atoms with E-state index >= 15 is 0 Å². The minimum Gasteiger partial charge on any atom is -0.493 e. The first-order valence-electron chi connectivity index (χ1n) is 9.90. The number of carbonyl (C=O) groups is 1. The van der Waals surface area contributed by atoms with Crippen LogP contribution in [0, 0.1) is 0 Å². The van der Waals surface area contributed by atoms with Crippen LogP contribution in [0.2, 0.25) is 0 Å². The van der Waals surface area contributed by atoms with E-state index < -0.39 is 29.9 Å². The molecular weight excluding hydrogens is 511 g/mol. The highest BCUT2D eigenvalue weighted by atomic mass is 79.9. The van der Waals surface area contributed by atoms with E-state index in [0.717, 1.165) is 12.1 Å². The standard InChI is InChI=1S/C22H21BrF3NO4S/c1-3-29-16-7-5-6-13(19(16)23)20-14-10-12(22(24,25)26)8-9-15(14)27-21(32)17(31-20)11-18(28)30-4-2/h5-10,17,20H,3-4,11H2,1-2H3,(H,27,32)/t17-,20-/m1/s1. The Kier molecular flexibility index (Phi) is 7.79. The number of anilines is 1. The molecule has 0 aromatic heterocycles. The molecular formula is C22H21BrF3NO4S. The quantitative estimate of drug-likeness (QED) is 0.362. The van der Waals surface area contributed by atoms with E-state index in [0.29, 0.717) is 28.1 Å². The van der Waals surface area contributed by atoms with Gasteiger partial charge in [-0.3, -0.25) is 4.79 Å². The topological polar surface area (TPSA) is 56.8 Å². The smallest absolute Gasteiger partial charge is 0.416 e. The molecule has 0 unspecified atom stereocenters. The third-order valence-electron chi connectivity index (χ3n) is 4.74. The SMILES string of the molecule is CCOC(=O)C[C@H]1O[C@H](c2cccc(OCC)c2Br)c2cc(C(F)(F)F)ccc2NC1=S. The first-order chi connectivity index (χ1) is 15.2. The van der Waals surface area contributed by atoms with Crippen LogP contribution >= 0.6 is 28.1 Å². The van der Waals surface area contributed by atoms with E-state index in [4.69, 9.17) is 26.4 Å². The van der Waals surface area contributed by atoms with Crippen molar-refractivity contribution in [3.63, 3.8) is 0 Å². The maximum atomic E-state index is 13.5. The first-order valence-corrected chi connectivity index (χ1v) is 11.1. The van der Waals surface area contributed by atoms with E-state index in [1.807, 2.05) is 6.92 Å². The highest BCUT2D eigenvalue weighted by Crippen LogP contribution is 2.43. The van der Waals surface area contributed by atoms with Gasteiger partial charge in [-0.05, 0) is 54.0 Å². The van der Waals surface area contributed by atoms with Crippen molar-refractivity contribution in [3.05, 3.63) is 57.6 Å². The molecule has 1 heterocycles. The molecule has 2 atom stereocenters.